The van der Waals surface area contributed by atoms with Crippen LogP contribution in [0.25, 0.3) is 5.82 Å². The van der Waals surface area contributed by atoms with E-state index in [0.29, 0.717) is 22.7 Å². The molecule has 0 N–H and O–H groups in total. The summed E-state index contributed by atoms with van der Waals surface area (Å²) in [6.07, 6.45) is 2.00. The molecule has 0 spiro atoms. The zero-order valence-corrected chi connectivity index (χ0v) is 15.6. The molecule has 1 aliphatic rings. The first kappa shape index (κ1) is 17.6. The highest BCUT2D eigenvalue weighted by atomic mass is 35.5. The first-order valence-corrected chi connectivity index (χ1v) is 8.95. The lowest BCUT2D eigenvalue weighted by Crippen LogP contribution is -2.43. The Hall–Kier alpha value is -2.80. The van der Waals surface area contributed by atoms with E-state index in [-0.39, 0.29) is 24.3 Å². The van der Waals surface area contributed by atoms with E-state index in [1.807, 2.05) is 26.0 Å². The van der Waals surface area contributed by atoms with Crippen LogP contribution < -0.4 is 0 Å². The quantitative estimate of drug-likeness (QED) is 0.678. The standard InChI is InChI=1S/C19H17ClFN5O/c1-11-5-3-6-13(17(11)20)19(27)25-10-15-16(9-12(25)2)26(24-23-15)18-14(21)7-4-8-22-18/h3-8,12H,9-10H2,1-2H3. The number of benzene rings is 1. The van der Waals surface area contributed by atoms with Crippen molar-refractivity contribution in [3.8, 4) is 5.82 Å². The molecule has 0 saturated carbocycles. The van der Waals surface area contributed by atoms with Crippen molar-refractivity contribution < 1.29 is 9.18 Å². The smallest absolute Gasteiger partial charge is 0.255 e. The van der Waals surface area contributed by atoms with Crippen molar-refractivity contribution in [2.45, 2.75) is 32.9 Å². The summed E-state index contributed by atoms with van der Waals surface area (Å²) < 4.78 is 15.5. The van der Waals surface area contributed by atoms with E-state index in [2.05, 4.69) is 15.3 Å². The van der Waals surface area contributed by atoms with Crippen LogP contribution in [0.5, 0.6) is 0 Å². The molecule has 0 bridgehead atoms. The number of aromatic nitrogens is 4. The van der Waals surface area contributed by atoms with Crippen molar-refractivity contribution in [1.29, 1.82) is 0 Å². The van der Waals surface area contributed by atoms with Crippen LogP contribution in [0.4, 0.5) is 4.39 Å². The Morgan fingerprint density at radius 3 is 2.89 bits per heavy atom. The molecule has 1 aromatic carbocycles. The van der Waals surface area contributed by atoms with Crippen molar-refractivity contribution in [1.82, 2.24) is 24.9 Å². The number of hydrogen-bond acceptors (Lipinski definition) is 4. The maximum Gasteiger partial charge on any atom is 0.255 e. The highest BCUT2D eigenvalue weighted by Gasteiger charge is 2.33. The molecule has 8 heteroatoms. The summed E-state index contributed by atoms with van der Waals surface area (Å²) in [7, 11) is 0. The Bertz CT molecular complexity index is 1030. The van der Waals surface area contributed by atoms with Crippen LogP contribution in [0.2, 0.25) is 5.02 Å². The van der Waals surface area contributed by atoms with Gasteiger partial charge < -0.3 is 4.90 Å². The van der Waals surface area contributed by atoms with Gasteiger partial charge in [0.15, 0.2) is 11.6 Å². The topological polar surface area (TPSA) is 63.9 Å². The number of carbonyl (C=O) groups is 1. The molecule has 1 aliphatic heterocycles. The van der Waals surface area contributed by atoms with Gasteiger partial charge in [-0.25, -0.2) is 9.37 Å². The monoisotopic (exact) mass is 385 g/mol. The van der Waals surface area contributed by atoms with Crippen molar-refractivity contribution in [2.75, 3.05) is 0 Å². The summed E-state index contributed by atoms with van der Waals surface area (Å²) in [6, 6.07) is 8.14. The van der Waals surface area contributed by atoms with Gasteiger partial charge in [-0.1, -0.05) is 28.9 Å². The first-order valence-electron chi connectivity index (χ1n) is 8.57. The SMILES string of the molecule is Cc1cccc(C(=O)N2Cc3nnn(-c4ncccc4F)c3CC2C)c1Cl. The van der Waals surface area contributed by atoms with E-state index in [1.54, 1.807) is 11.0 Å². The second-order valence-electron chi connectivity index (χ2n) is 6.63. The Morgan fingerprint density at radius 1 is 1.30 bits per heavy atom. The zero-order chi connectivity index (χ0) is 19.1. The van der Waals surface area contributed by atoms with E-state index in [4.69, 9.17) is 11.6 Å². The van der Waals surface area contributed by atoms with Crippen molar-refractivity contribution in [3.05, 3.63) is 69.9 Å². The fourth-order valence-electron chi connectivity index (χ4n) is 3.31. The number of nitrogens with zero attached hydrogens (tertiary/aromatic N) is 5. The lowest BCUT2D eigenvalue weighted by atomic mass is 10.0. The molecule has 1 unspecified atom stereocenters. The second-order valence-corrected chi connectivity index (χ2v) is 7.00. The van der Waals surface area contributed by atoms with Gasteiger partial charge in [-0.05, 0) is 37.6 Å². The predicted molar refractivity (Wildman–Crippen MR) is 98.3 cm³/mol. The number of pyridine rings is 1. The third-order valence-corrected chi connectivity index (χ3v) is 5.31. The molecule has 4 rings (SSSR count). The van der Waals surface area contributed by atoms with E-state index >= 15 is 0 Å². The molecule has 6 nitrogen and oxygen atoms in total. The summed E-state index contributed by atoms with van der Waals surface area (Å²) >= 11 is 6.33. The van der Waals surface area contributed by atoms with Gasteiger partial charge in [-0.2, -0.15) is 4.68 Å². The summed E-state index contributed by atoms with van der Waals surface area (Å²) in [4.78, 5) is 18.8. The molecule has 0 fully saturated rings. The number of carbonyl (C=O) groups excluding carboxylic acids is 1. The normalized spacial score (nSPS) is 16.3. The maximum absolute atomic E-state index is 14.1. The van der Waals surface area contributed by atoms with Crippen molar-refractivity contribution in [2.24, 2.45) is 0 Å². The number of hydrogen-bond donors (Lipinski definition) is 0. The lowest BCUT2D eigenvalue weighted by molar-refractivity contribution is 0.0653. The summed E-state index contributed by atoms with van der Waals surface area (Å²) in [6.45, 7) is 4.09. The van der Waals surface area contributed by atoms with E-state index in [1.165, 1.54) is 23.0 Å². The average molecular weight is 386 g/mol. The van der Waals surface area contributed by atoms with Crippen LogP contribution in [0.1, 0.15) is 34.2 Å². The lowest BCUT2D eigenvalue weighted by Gasteiger charge is -2.33. The Balaban J connectivity index is 1.68. The molecule has 27 heavy (non-hydrogen) atoms. The average Bonchev–Trinajstić information content (AvgIpc) is 3.05. The fourth-order valence-corrected chi connectivity index (χ4v) is 3.52. The fraction of sp³-hybridized carbons (Fsp3) is 0.263. The van der Waals surface area contributed by atoms with Gasteiger partial charge in [-0.15, -0.1) is 5.10 Å². The Labute approximate surface area is 160 Å². The van der Waals surface area contributed by atoms with Crippen LogP contribution in [0.3, 0.4) is 0 Å². The van der Waals surface area contributed by atoms with Gasteiger partial charge in [0.1, 0.15) is 5.69 Å². The van der Waals surface area contributed by atoms with Crippen molar-refractivity contribution >= 4 is 17.5 Å². The van der Waals surface area contributed by atoms with Crippen LogP contribution in [0.15, 0.2) is 36.5 Å². The molecule has 1 atom stereocenters. The number of rotatable bonds is 2. The van der Waals surface area contributed by atoms with Gasteiger partial charge in [-0.3, -0.25) is 4.79 Å². The van der Waals surface area contributed by atoms with Gasteiger partial charge in [0.25, 0.3) is 5.91 Å². The van der Waals surface area contributed by atoms with Crippen LogP contribution in [-0.4, -0.2) is 36.8 Å². The maximum atomic E-state index is 14.1. The largest absolute Gasteiger partial charge is 0.329 e. The van der Waals surface area contributed by atoms with Crippen LogP contribution in [-0.2, 0) is 13.0 Å². The molecule has 3 aromatic rings. The van der Waals surface area contributed by atoms with Crippen LogP contribution in [0, 0.1) is 12.7 Å². The van der Waals surface area contributed by atoms with Crippen molar-refractivity contribution in [3.63, 3.8) is 0 Å². The van der Waals surface area contributed by atoms with Gasteiger partial charge in [0.05, 0.1) is 22.8 Å². The van der Waals surface area contributed by atoms with Gasteiger partial charge in [0, 0.05) is 18.7 Å². The molecule has 3 heterocycles. The number of amides is 1. The molecule has 0 saturated heterocycles. The number of fused-ring (bicyclic) bond motifs is 1. The molecular weight excluding hydrogens is 369 g/mol. The van der Waals surface area contributed by atoms with E-state index < -0.39 is 5.82 Å². The van der Waals surface area contributed by atoms with Crippen LogP contribution >= 0.6 is 11.6 Å². The molecule has 0 aliphatic carbocycles. The third-order valence-electron chi connectivity index (χ3n) is 4.81. The summed E-state index contributed by atoms with van der Waals surface area (Å²) in [5.74, 6) is -0.511. The molecule has 138 valence electrons. The van der Waals surface area contributed by atoms with E-state index in [0.717, 1.165) is 11.3 Å². The summed E-state index contributed by atoms with van der Waals surface area (Å²) in [5.41, 5.74) is 2.72. The minimum atomic E-state index is -0.470. The predicted octanol–water partition coefficient (Wildman–Crippen LogP) is 3.35. The Morgan fingerprint density at radius 2 is 2.11 bits per heavy atom. The zero-order valence-electron chi connectivity index (χ0n) is 14.9. The molecule has 1 amide bonds. The first-order chi connectivity index (χ1) is 13.0. The summed E-state index contributed by atoms with van der Waals surface area (Å²) in [5, 5.41) is 8.67. The van der Waals surface area contributed by atoms with Gasteiger partial charge >= 0.3 is 0 Å². The minimum Gasteiger partial charge on any atom is -0.329 e. The highest BCUT2D eigenvalue weighted by molar-refractivity contribution is 6.34. The second kappa shape index (κ2) is 6.74. The Kier molecular flexibility index (Phi) is 4.39. The number of halogens is 2. The van der Waals surface area contributed by atoms with Gasteiger partial charge in [0.2, 0.25) is 0 Å². The highest BCUT2D eigenvalue weighted by Crippen LogP contribution is 2.28. The number of aryl methyl sites for hydroxylation is 1. The third kappa shape index (κ3) is 2.98. The van der Waals surface area contributed by atoms with E-state index in [9.17, 15) is 9.18 Å². The molecule has 2 aromatic heterocycles. The molecule has 0 radical (unpaired) electrons. The molecular formula is C19H17ClFN5O. The minimum absolute atomic E-state index is 0.111.